The van der Waals surface area contributed by atoms with Gasteiger partial charge in [-0.25, -0.2) is 19.9 Å². The van der Waals surface area contributed by atoms with Crippen LogP contribution in [-0.4, -0.2) is 82.0 Å². The predicted octanol–water partition coefficient (Wildman–Crippen LogP) is 11.0. The van der Waals surface area contributed by atoms with E-state index in [1.165, 1.54) is 59.7 Å². The molecule has 2 aliphatic carbocycles. The van der Waals surface area contributed by atoms with Crippen LogP contribution < -0.4 is 15.4 Å². The van der Waals surface area contributed by atoms with Gasteiger partial charge in [-0.3, -0.25) is 10.2 Å². The zero-order valence-electron chi connectivity index (χ0n) is 44.5. The third kappa shape index (κ3) is 13.7. The van der Waals surface area contributed by atoms with Gasteiger partial charge < -0.3 is 35.3 Å². The second kappa shape index (κ2) is 20.9. The Balaban J connectivity index is 0.000000152. The van der Waals surface area contributed by atoms with Gasteiger partial charge in [-0.2, -0.15) is 10.2 Å². The van der Waals surface area contributed by atoms with Gasteiger partial charge in [-0.15, -0.1) is 46.0 Å². The number of nitrogens with one attached hydrogen (secondary N) is 4. The highest BCUT2D eigenvalue weighted by Gasteiger charge is 2.52. The molecule has 3 fully saturated rings. The summed E-state index contributed by atoms with van der Waals surface area (Å²) in [5.41, 5.74) is 3.78. The van der Waals surface area contributed by atoms with Crippen LogP contribution >= 0.6 is 34.0 Å². The Labute approximate surface area is 448 Å². The number of rotatable bonds is 12. The van der Waals surface area contributed by atoms with Crippen molar-refractivity contribution in [2.24, 2.45) is 0 Å². The Bertz CT molecular complexity index is 3200. The van der Waals surface area contributed by atoms with Crippen LogP contribution in [0.1, 0.15) is 144 Å². The molecule has 0 spiro atoms. The molecule has 0 atom stereocenters. The largest absolute Gasteiger partial charge is 0.505 e. The van der Waals surface area contributed by atoms with E-state index < -0.39 is 24.9 Å². The zero-order valence-corrected chi connectivity index (χ0v) is 47.9. The monoisotopic (exact) mass is 1070 g/mol. The topological polar surface area (TPSA) is 212 Å². The lowest BCUT2D eigenvalue weighted by Gasteiger charge is -2.32. The summed E-state index contributed by atoms with van der Waals surface area (Å²) < 4.78 is 13.0. The molecule has 1 saturated heterocycles. The van der Waals surface area contributed by atoms with Crippen molar-refractivity contribution in [3.05, 3.63) is 98.1 Å². The number of hydrogen-bond donors (Lipinski definition) is 7. The van der Waals surface area contributed by atoms with Gasteiger partial charge in [0.1, 0.15) is 8.07 Å². The number of terminal acetylenes is 1. The van der Waals surface area contributed by atoms with E-state index in [4.69, 9.17) is 20.7 Å². The summed E-state index contributed by atoms with van der Waals surface area (Å²) in [6.07, 6.45) is 13.8. The minimum absolute atomic E-state index is 0.323. The van der Waals surface area contributed by atoms with E-state index in [1.807, 2.05) is 76.2 Å². The van der Waals surface area contributed by atoms with Crippen molar-refractivity contribution < 1.29 is 24.6 Å². The maximum Gasteiger partial charge on any atom is 0.505 e. The van der Waals surface area contributed by atoms with E-state index in [0.29, 0.717) is 46.5 Å². The van der Waals surface area contributed by atoms with Gasteiger partial charge in [0.25, 0.3) is 0 Å². The molecule has 0 unspecified atom stereocenters. The van der Waals surface area contributed by atoms with Gasteiger partial charge in [-0.1, -0.05) is 37.5 Å². The molecular weight excluding hydrogens is 1000 g/mol. The minimum Gasteiger partial charge on any atom is -0.399 e. The first kappa shape index (κ1) is 54.7. The molecule has 10 rings (SSSR count). The molecule has 0 radical (unpaired) electrons. The summed E-state index contributed by atoms with van der Waals surface area (Å²) in [4.78, 5) is 22.7. The first-order chi connectivity index (χ1) is 34.5. The standard InChI is InChI=1S/C22H27N5OSSi.C19H19N5OS.C13H21BO3S/c1-22(2,28)18-9-8-17(29-18)21-23-13-15(10-11-30(3,4)5)20(25-21)24-19-12-16(26-27-19)14-6-7-14;1-4-11-10-20-18(14-7-8-15(26-14)19(2,3)25)22-17(11)21-16-9-13(23-24-16)12-5-6-12;1-11(2,15)9-7-8-10(18-9)14-16-12(3,4)13(5,6)17-14/h8-9,12-14,28H,6-7H2,1-5H3,(H2,23,24,25,26,27);1,7-10,12,25H,5-6H2,2-3H3,(H2,20,21,22,23,24);7-8,15H,1-6H3. The lowest BCUT2D eigenvalue weighted by Crippen LogP contribution is -2.41. The average Bonchev–Trinajstić information content (AvgIpc) is 3.81. The Morgan fingerprint density at radius 1 is 0.662 bits per heavy atom. The molecule has 0 aromatic carbocycles. The smallest absolute Gasteiger partial charge is 0.399 e. The van der Waals surface area contributed by atoms with E-state index in [9.17, 15) is 15.3 Å². The van der Waals surface area contributed by atoms with Crippen LogP contribution in [0.2, 0.25) is 19.6 Å². The van der Waals surface area contributed by atoms with Gasteiger partial charge in [0, 0.05) is 67.2 Å². The van der Waals surface area contributed by atoms with Crippen LogP contribution in [-0.2, 0) is 26.1 Å². The number of aromatic nitrogens is 8. The fraction of sp³-hybridized carbons (Fsp3) is 0.444. The SMILES string of the molecule is C#Cc1cnc(-c2ccc(C(C)(C)O)s2)nc1Nc1cc(C2CC2)[nH]n1.CC(C)(O)c1ccc(-c2ncc(C#C[Si](C)(C)C)c(Nc3cc(C4CC4)[nH]n3)n2)s1.CC(C)(O)c1ccc(B2OC(C)(C)C(C)(C)O2)s1. The fourth-order valence-electron chi connectivity index (χ4n) is 7.24. The first-order valence-corrected chi connectivity index (χ1v) is 30.7. The zero-order chi connectivity index (χ0) is 53.6. The molecule has 388 valence electrons. The van der Waals surface area contributed by atoms with Crippen LogP contribution in [0.4, 0.5) is 23.3 Å². The number of H-pyrrole nitrogens is 2. The Kier molecular flexibility index (Phi) is 15.5. The summed E-state index contributed by atoms with van der Waals surface area (Å²) >= 11 is 4.49. The fourth-order valence-corrected chi connectivity index (χ4v) is 10.6. The van der Waals surface area contributed by atoms with Crippen molar-refractivity contribution in [1.82, 2.24) is 40.3 Å². The third-order valence-corrected chi connectivity index (χ3v) is 17.7. The van der Waals surface area contributed by atoms with Crippen LogP contribution in [0.3, 0.4) is 0 Å². The van der Waals surface area contributed by atoms with Gasteiger partial charge in [0.2, 0.25) is 0 Å². The maximum absolute atomic E-state index is 10.3. The molecule has 1 aliphatic heterocycles. The van der Waals surface area contributed by atoms with E-state index in [2.05, 4.69) is 83.0 Å². The molecule has 3 aliphatic rings. The predicted molar refractivity (Wildman–Crippen MR) is 302 cm³/mol. The van der Waals surface area contributed by atoms with Gasteiger partial charge in [-0.05, 0) is 125 Å². The number of aromatic amines is 2. The van der Waals surface area contributed by atoms with Crippen LogP contribution in [0, 0.1) is 23.8 Å². The van der Waals surface area contributed by atoms with E-state index in [1.54, 1.807) is 53.9 Å². The Morgan fingerprint density at radius 2 is 1.08 bits per heavy atom. The molecule has 74 heavy (non-hydrogen) atoms. The highest BCUT2D eigenvalue weighted by molar-refractivity contribution is 7.22. The Morgan fingerprint density at radius 3 is 1.47 bits per heavy atom. The summed E-state index contributed by atoms with van der Waals surface area (Å²) in [6, 6.07) is 15.6. The minimum atomic E-state index is -1.54. The lowest BCUT2D eigenvalue weighted by atomic mass is 9.88. The highest BCUT2D eigenvalue weighted by atomic mass is 32.1. The van der Waals surface area contributed by atoms with Crippen molar-refractivity contribution in [3.63, 3.8) is 0 Å². The average molecular weight is 1070 g/mol. The number of hydrogen-bond acceptors (Lipinski definition) is 16. The van der Waals surface area contributed by atoms with E-state index in [-0.39, 0.29) is 18.3 Å². The molecule has 0 amide bonds. The molecule has 20 heteroatoms. The van der Waals surface area contributed by atoms with Crippen molar-refractivity contribution in [1.29, 1.82) is 0 Å². The van der Waals surface area contributed by atoms with Gasteiger partial charge in [0.15, 0.2) is 34.9 Å². The van der Waals surface area contributed by atoms with Crippen LogP contribution in [0.15, 0.2) is 60.9 Å². The summed E-state index contributed by atoms with van der Waals surface area (Å²) in [5.74, 6) is 10.9. The third-order valence-electron chi connectivity index (χ3n) is 12.6. The van der Waals surface area contributed by atoms with Crippen molar-refractivity contribution in [3.8, 4) is 45.2 Å². The number of anilines is 4. The van der Waals surface area contributed by atoms with Crippen molar-refractivity contribution in [2.75, 3.05) is 10.6 Å². The first-order valence-electron chi connectivity index (χ1n) is 24.8. The number of thiophene rings is 3. The number of aliphatic hydroxyl groups is 3. The van der Waals surface area contributed by atoms with E-state index >= 15 is 0 Å². The van der Waals surface area contributed by atoms with Crippen molar-refractivity contribution >= 4 is 77.3 Å². The maximum atomic E-state index is 10.3. The van der Waals surface area contributed by atoms with Gasteiger partial charge in [0.05, 0.1) is 48.9 Å². The second-order valence-corrected chi connectivity index (χ2v) is 30.6. The second-order valence-electron chi connectivity index (χ2n) is 22.6. The summed E-state index contributed by atoms with van der Waals surface area (Å²) in [5, 5.41) is 51.8. The normalized spacial score (nSPS) is 16.3. The molecule has 15 nitrogen and oxygen atoms in total. The van der Waals surface area contributed by atoms with Crippen LogP contribution in [0.25, 0.3) is 21.4 Å². The summed E-state index contributed by atoms with van der Waals surface area (Å²) in [6.45, 7) is 25.4. The summed E-state index contributed by atoms with van der Waals surface area (Å²) in [7, 11) is -1.88. The van der Waals surface area contributed by atoms with E-state index in [0.717, 1.165) is 51.9 Å². The molecule has 7 aromatic heterocycles. The lowest BCUT2D eigenvalue weighted by molar-refractivity contribution is 0.00578. The highest BCUT2D eigenvalue weighted by Crippen LogP contribution is 2.42. The molecular formula is C54H67BN10O5S3Si. The molecule has 0 bridgehead atoms. The van der Waals surface area contributed by atoms with Gasteiger partial charge >= 0.3 is 7.12 Å². The molecule has 7 N–H and O–H groups in total. The Hall–Kier alpha value is -5.52. The quantitative estimate of drug-likeness (QED) is 0.0449. The van der Waals surface area contributed by atoms with Crippen LogP contribution in [0.5, 0.6) is 0 Å². The molecule has 8 heterocycles. The molecule has 7 aromatic rings. The molecule has 2 saturated carbocycles. The van der Waals surface area contributed by atoms with Crippen molar-refractivity contribution in [2.45, 2.75) is 154 Å². The number of nitrogens with zero attached hydrogens (tertiary/aromatic N) is 6.